The number of piperidine rings is 1. The summed E-state index contributed by atoms with van der Waals surface area (Å²) in [5.41, 5.74) is 9.09. The second-order valence-electron chi connectivity index (χ2n) is 9.64. The first-order chi connectivity index (χ1) is 18.5. The van der Waals surface area contributed by atoms with Gasteiger partial charge in [-0.15, -0.1) is 11.8 Å². The van der Waals surface area contributed by atoms with Gasteiger partial charge in [0.25, 0.3) is 0 Å². The zero-order valence-corrected chi connectivity index (χ0v) is 23.0. The van der Waals surface area contributed by atoms with Gasteiger partial charge in [-0.05, 0) is 49.8 Å². The SMILES string of the molecule is COCCCn1c(C2CCCN(C(=O)CC(N)CNC(=O)Nc3ccccc3SC)C2)nc2ccccc21. The van der Waals surface area contributed by atoms with E-state index in [-0.39, 0.29) is 30.8 Å². The summed E-state index contributed by atoms with van der Waals surface area (Å²) >= 11 is 1.56. The molecular weight excluding hydrogens is 500 g/mol. The molecule has 1 aliphatic rings. The number of methoxy groups -OCH3 is 1. The molecule has 38 heavy (non-hydrogen) atoms. The van der Waals surface area contributed by atoms with Crippen LogP contribution in [0.5, 0.6) is 0 Å². The number of carbonyl (C=O) groups is 2. The number of hydrogen-bond acceptors (Lipinski definition) is 6. The maximum absolute atomic E-state index is 13.1. The number of anilines is 1. The third-order valence-corrected chi connectivity index (χ3v) is 7.67. The Labute approximate surface area is 228 Å². The fraction of sp³-hybridized carbons (Fsp3) is 0.464. The van der Waals surface area contributed by atoms with E-state index in [0.717, 1.165) is 53.2 Å². The Kier molecular flexibility index (Phi) is 10.0. The molecule has 10 heteroatoms. The van der Waals surface area contributed by atoms with Crippen molar-refractivity contribution in [2.24, 2.45) is 5.73 Å². The lowest BCUT2D eigenvalue weighted by Crippen LogP contribution is -2.45. The van der Waals surface area contributed by atoms with Crippen molar-refractivity contribution in [1.82, 2.24) is 19.8 Å². The Morgan fingerprint density at radius 2 is 2.00 bits per heavy atom. The third-order valence-electron chi connectivity index (χ3n) is 6.87. The zero-order chi connectivity index (χ0) is 26.9. The minimum Gasteiger partial charge on any atom is -0.385 e. The highest BCUT2D eigenvalue weighted by Crippen LogP contribution is 2.30. The number of thioether (sulfide) groups is 1. The summed E-state index contributed by atoms with van der Waals surface area (Å²) in [5, 5.41) is 5.65. The largest absolute Gasteiger partial charge is 0.385 e. The normalized spacial score (nSPS) is 16.4. The van der Waals surface area contributed by atoms with Crippen LogP contribution in [0.2, 0.25) is 0 Å². The molecule has 3 amide bonds. The van der Waals surface area contributed by atoms with Gasteiger partial charge in [0, 0.05) is 63.2 Å². The maximum Gasteiger partial charge on any atom is 0.319 e. The predicted molar refractivity (Wildman–Crippen MR) is 153 cm³/mol. The van der Waals surface area contributed by atoms with Crippen molar-refractivity contribution in [1.29, 1.82) is 0 Å². The molecule has 1 saturated heterocycles. The molecule has 3 aromatic rings. The number of nitrogens with one attached hydrogen (secondary N) is 2. The van der Waals surface area contributed by atoms with Crippen molar-refractivity contribution in [2.45, 2.75) is 49.1 Å². The minimum atomic E-state index is -0.469. The molecule has 4 N–H and O–H groups in total. The molecule has 0 saturated carbocycles. The summed E-state index contributed by atoms with van der Waals surface area (Å²) in [5.74, 6) is 1.21. The number of aryl methyl sites for hydroxylation is 1. The Bertz CT molecular complexity index is 1230. The third kappa shape index (κ3) is 7.06. The first-order valence-corrected chi connectivity index (χ1v) is 14.4. The lowest BCUT2D eigenvalue weighted by atomic mass is 9.96. The molecule has 4 rings (SSSR count). The molecule has 2 heterocycles. The van der Waals surface area contributed by atoms with Crippen molar-refractivity contribution in [2.75, 3.05) is 44.9 Å². The molecule has 2 aromatic carbocycles. The molecule has 2 atom stereocenters. The van der Waals surface area contributed by atoms with Crippen LogP contribution in [0.15, 0.2) is 53.4 Å². The van der Waals surface area contributed by atoms with Crippen molar-refractivity contribution in [3.05, 3.63) is 54.4 Å². The lowest BCUT2D eigenvalue weighted by molar-refractivity contribution is -0.132. The van der Waals surface area contributed by atoms with Crippen LogP contribution >= 0.6 is 11.8 Å². The molecule has 9 nitrogen and oxygen atoms in total. The summed E-state index contributed by atoms with van der Waals surface area (Å²) in [4.78, 5) is 33.4. The number of ether oxygens (including phenoxy) is 1. The van der Waals surface area contributed by atoms with Crippen molar-refractivity contribution in [3.8, 4) is 0 Å². The Morgan fingerprint density at radius 1 is 1.21 bits per heavy atom. The van der Waals surface area contributed by atoms with E-state index < -0.39 is 6.04 Å². The molecule has 0 spiro atoms. The zero-order valence-electron chi connectivity index (χ0n) is 22.2. The molecule has 204 valence electrons. The van der Waals surface area contributed by atoms with Crippen LogP contribution in [-0.2, 0) is 16.1 Å². The molecule has 0 radical (unpaired) electrons. The highest BCUT2D eigenvalue weighted by molar-refractivity contribution is 7.98. The number of para-hydroxylation sites is 3. The van der Waals surface area contributed by atoms with E-state index in [1.54, 1.807) is 18.9 Å². The molecule has 1 aliphatic heterocycles. The highest BCUT2D eigenvalue weighted by Gasteiger charge is 2.29. The van der Waals surface area contributed by atoms with Crippen LogP contribution < -0.4 is 16.4 Å². The standard InChI is InChI=1S/C28H38N6O3S/c1-37-16-8-15-34-24-12-5-3-10-22(24)31-27(34)20-9-7-14-33(19-20)26(35)17-21(29)18-30-28(36)32-23-11-4-6-13-25(23)38-2/h3-6,10-13,20-21H,7-9,14-19,29H2,1-2H3,(H2,30,32,36). The summed E-state index contributed by atoms with van der Waals surface area (Å²) in [6.07, 6.45) is 4.95. The van der Waals surface area contributed by atoms with Gasteiger partial charge in [-0.3, -0.25) is 4.79 Å². The van der Waals surface area contributed by atoms with Crippen molar-refractivity contribution < 1.29 is 14.3 Å². The number of likely N-dealkylation sites (tertiary alicyclic amines) is 1. The van der Waals surface area contributed by atoms with Crippen LogP contribution in [0.4, 0.5) is 10.5 Å². The van der Waals surface area contributed by atoms with Gasteiger partial charge in [0.05, 0.1) is 16.7 Å². The Balaban J connectivity index is 1.33. The van der Waals surface area contributed by atoms with Crippen LogP contribution in [0.3, 0.4) is 0 Å². The van der Waals surface area contributed by atoms with Gasteiger partial charge < -0.3 is 30.6 Å². The molecular formula is C28H38N6O3S. The van der Waals surface area contributed by atoms with Gasteiger partial charge >= 0.3 is 6.03 Å². The number of rotatable bonds is 11. The quantitative estimate of drug-likeness (QED) is 0.251. The summed E-state index contributed by atoms with van der Waals surface area (Å²) in [6.45, 7) is 3.07. The van der Waals surface area contributed by atoms with Crippen molar-refractivity contribution >= 4 is 40.4 Å². The van der Waals surface area contributed by atoms with Crippen molar-refractivity contribution in [3.63, 3.8) is 0 Å². The minimum absolute atomic E-state index is 0.0131. The number of hydrogen-bond donors (Lipinski definition) is 3. The molecule has 2 unspecified atom stereocenters. The number of carbonyl (C=O) groups excluding carboxylic acids is 2. The summed E-state index contributed by atoms with van der Waals surface area (Å²) in [7, 11) is 1.72. The van der Waals surface area contributed by atoms with E-state index in [1.165, 1.54) is 0 Å². The van der Waals surface area contributed by atoms with E-state index >= 15 is 0 Å². The molecule has 0 bridgehead atoms. The second-order valence-corrected chi connectivity index (χ2v) is 10.5. The first kappa shape index (κ1) is 27.9. The monoisotopic (exact) mass is 538 g/mol. The summed E-state index contributed by atoms with van der Waals surface area (Å²) < 4.78 is 7.56. The fourth-order valence-corrected chi connectivity index (χ4v) is 5.54. The average molecular weight is 539 g/mol. The number of benzene rings is 2. The number of aromatic nitrogens is 2. The second kappa shape index (κ2) is 13.6. The fourth-order valence-electron chi connectivity index (χ4n) is 4.99. The maximum atomic E-state index is 13.1. The Hall–Kier alpha value is -3.08. The lowest BCUT2D eigenvalue weighted by Gasteiger charge is -2.33. The molecule has 0 aliphatic carbocycles. The average Bonchev–Trinajstić information content (AvgIpc) is 3.31. The highest BCUT2D eigenvalue weighted by atomic mass is 32.2. The smallest absolute Gasteiger partial charge is 0.319 e. The van der Waals surface area contributed by atoms with Crippen LogP contribution in [0.25, 0.3) is 11.0 Å². The van der Waals surface area contributed by atoms with Crippen LogP contribution in [-0.4, -0.2) is 72.0 Å². The number of imidazole rings is 1. The van der Waals surface area contributed by atoms with Gasteiger partial charge in [-0.1, -0.05) is 24.3 Å². The predicted octanol–water partition coefficient (Wildman–Crippen LogP) is 4.04. The number of nitrogens with two attached hydrogens (primary N) is 1. The molecule has 1 fully saturated rings. The van der Waals surface area contributed by atoms with E-state index in [4.69, 9.17) is 15.5 Å². The van der Waals surface area contributed by atoms with Crippen LogP contribution in [0.1, 0.15) is 37.4 Å². The molecule has 1 aromatic heterocycles. The van der Waals surface area contributed by atoms with E-state index in [9.17, 15) is 9.59 Å². The Morgan fingerprint density at radius 3 is 2.82 bits per heavy atom. The number of nitrogens with zero attached hydrogens (tertiary/aromatic N) is 3. The number of amides is 3. The van der Waals surface area contributed by atoms with E-state index in [1.807, 2.05) is 53.6 Å². The van der Waals surface area contributed by atoms with E-state index in [2.05, 4.69) is 21.3 Å². The van der Waals surface area contributed by atoms with E-state index in [0.29, 0.717) is 19.7 Å². The van der Waals surface area contributed by atoms with Gasteiger partial charge in [0.1, 0.15) is 5.82 Å². The van der Waals surface area contributed by atoms with Crippen LogP contribution in [0, 0.1) is 0 Å². The first-order valence-electron chi connectivity index (χ1n) is 13.2. The van der Waals surface area contributed by atoms with Gasteiger partial charge in [0.15, 0.2) is 0 Å². The van der Waals surface area contributed by atoms with Gasteiger partial charge in [0.2, 0.25) is 5.91 Å². The number of fused-ring (bicyclic) bond motifs is 1. The number of urea groups is 1. The van der Waals surface area contributed by atoms with Gasteiger partial charge in [-0.25, -0.2) is 9.78 Å². The summed E-state index contributed by atoms with van der Waals surface area (Å²) in [6, 6.07) is 15.0. The van der Waals surface area contributed by atoms with Gasteiger partial charge in [-0.2, -0.15) is 0 Å². The topological polar surface area (TPSA) is 115 Å².